The van der Waals surface area contributed by atoms with Crippen LogP contribution in [0.2, 0.25) is 0 Å². The molecule has 0 aliphatic carbocycles. The summed E-state index contributed by atoms with van der Waals surface area (Å²) in [6.07, 6.45) is 2.02. The van der Waals surface area contributed by atoms with Crippen molar-refractivity contribution in [3.8, 4) is 17.1 Å². The third kappa shape index (κ3) is 3.30. The van der Waals surface area contributed by atoms with E-state index in [1.807, 2.05) is 24.3 Å². The van der Waals surface area contributed by atoms with Gasteiger partial charge in [0.1, 0.15) is 5.75 Å². The largest absolute Gasteiger partial charge is 0.497 e. The van der Waals surface area contributed by atoms with Crippen molar-refractivity contribution in [2.45, 2.75) is 19.5 Å². The molecule has 0 atom stereocenters. The molecule has 0 saturated carbocycles. The molecule has 0 amide bonds. The first-order valence-corrected chi connectivity index (χ1v) is 9.02. The van der Waals surface area contributed by atoms with Gasteiger partial charge in [0, 0.05) is 26.2 Å². The SMILES string of the molecule is COc1cccc(-c2nnn(CCCn3c(=O)c4c(ncn4C)n(C)c3=O)n2)c1. The average molecular weight is 396 g/mol. The molecule has 0 bridgehead atoms. The van der Waals surface area contributed by atoms with E-state index in [9.17, 15) is 9.59 Å². The lowest BCUT2D eigenvalue weighted by Crippen LogP contribution is -2.39. The first-order valence-electron chi connectivity index (χ1n) is 9.02. The highest BCUT2D eigenvalue weighted by atomic mass is 16.5. The van der Waals surface area contributed by atoms with Crippen LogP contribution in [0.25, 0.3) is 22.6 Å². The number of nitrogens with zero attached hydrogens (tertiary/aromatic N) is 8. The molecule has 0 aliphatic heterocycles. The Morgan fingerprint density at radius 2 is 1.97 bits per heavy atom. The maximum atomic E-state index is 12.7. The van der Waals surface area contributed by atoms with Crippen LogP contribution in [0.5, 0.6) is 5.75 Å². The Bertz CT molecular complexity index is 1300. The number of aryl methyl sites for hydroxylation is 3. The summed E-state index contributed by atoms with van der Waals surface area (Å²) in [6.45, 7) is 0.651. The molecule has 29 heavy (non-hydrogen) atoms. The molecule has 150 valence electrons. The molecule has 0 fully saturated rings. The highest BCUT2D eigenvalue weighted by Crippen LogP contribution is 2.19. The number of hydrogen-bond donors (Lipinski definition) is 0. The fourth-order valence-corrected chi connectivity index (χ4v) is 3.18. The lowest BCUT2D eigenvalue weighted by Gasteiger charge is -2.08. The van der Waals surface area contributed by atoms with Gasteiger partial charge in [0.15, 0.2) is 11.2 Å². The van der Waals surface area contributed by atoms with E-state index < -0.39 is 5.69 Å². The minimum atomic E-state index is -0.398. The monoisotopic (exact) mass is 396 g/mol. The van der Waals surface area contributed by atoms with Crippen LogP contribution in [0.3, 0.4) is 0 Å². The number of benzene rings is 1. The third-order valence-electron chi connectivity index (χ3n) is 4.72. The van der Waals surface area contributed by atoms with Gasteiger partial charge in [-0.1, -0.05) is 12.1 Å². The molecule has 0 saturated heterocycles. The lowest BCUT2D eigenvalue weighted by atomic mass is 10.2. The Morgan fingerprint density at radius 1 is 1.14 bits per heavy atom. The van der Waals surface area contributed by atoms with Crippen LogP contribution < -0.4 is 16.0 Å². The molecule has 4 rings (SSSR count). The molecule has 0 spiro atoms. The summed E-state index contributed by atoms with van der Waals surface area (Å²) in [5.41, 5.74) is 0.810. The van der Waals surface area contributed by atoms with E-state index in [0.29, 0.717) is 35.7 Å². The fraction of sp³-hybridized carbons (Fsp3) is 0.333. The van der Waals surface area contributed by atoms with Gasteiger partial charge in [-0.25, -0.2) is 9.78 Å². The zero-order valence-electron chi connectivity index (χ0n) is 16.3. The van der Waals surface area contributed by atoms with Crippen molar-refractivity contribution in [2.24, 2.45) is 14.1 Å². The Labute approximate surface area is 164 Å². The predicted octanol–water partition coefficient (Wildman–Crippen LogP) is 0.186. The second kappa shape index (κ2) is 7.34. The zero-order chi connectivity index (χ0) is 20.5. The highest BCUT2D eigenvalue weighted by molar-refractivity contribution is 5.69. The summed E-state index contributed by atoms with van der Waals surface area (Å²) in [5, 5.41) is 12.5. The van der Waals surface area contributed by atoms with Crippen LogP contribution in [0.15, 0.2) is 40.2 Å². The summed E-state index contributed by atoms with van der Waals surface area (Å²) >= 11 is 0. The van der Waals surface area contributed by atoms with Crippen LogP contribution >= 0.6 is 0 Å². The molecular weight excluding hydrogens is 376 g/mol. The van der Waals surface area contributed by atoms with Gasteiger partial charge in [0.2, 0.25) is 5.82 Å². The van der Waals surface area contributed by atoms with E-state index in [-0.39, 0.29) is 12.1 Å². The van der Waals surface area contributed by atoms with Gasteiger partial charge >= 0.3 is 5.69 Å². The van der Waals surface area contributed by atoms with Crippen molar-refractivity contribution in [2.75, 3.05) is 7.11 Å². The number of tetrazole rings is 1. The van der Waals surface area contributed by atoms with Crippen molar-refractivity contribution >= 4 is 11.2 Å². The van der Waals surface area contributed by atoms with E-state index in [1.165, 1.54) is 20.3 Å². The minimum Gasteiger partial charge on any atom is -0.497 e. The lowest BCUT2D eigenvalue weighted by molar-refractivity contribution is 0.415. The summed E-state index contributed by atoms with van der Waals surface area (Å²) in [5.74, 6) is 1.19. The van der Waals surface area contributed by atoms with Crippen LogP contribution in [0, 0.1) is 0 Å². The van der Waals surface area contributed by atoms with Crippen molar-refractivity contribution in [3.63, 3.8) is 0 Å². The van der Waals surface area contributed by atoms with E-state index in [0.717, 1.165) is 5.56 Å². The topological polar surface area (TPSA) is 115 Å². The minimum absolute atomic E-state index is 0.239. The van der Waals surface area contributed by atoms with E-state index in [4.69, 9.17) is 4.74 Å². The number of methoxy groups -OCH3 is 1. The number of ether oxygens (including phenoxy) is 1. The van der Waals surface area contributed by atoms with Crippen molar-refractivity contribution < 1.29 is 4.74 Å². The molecule has 3 heterocycles. The number of rotatable bonds is 6. The molecule has 4 aromatic rings. The normalized spacial score (nSPS) is 11.3. The molecule has 11 nitrogen and oxygen atoms in total. The van der Waals surface area contributed by atoms with Crippen molar-refractivity contribution in [1.29, 1.82) is 0 Å². The maximum absolute atomic E-state index is 12.7. The Kier molecular flexibility index (Phi) is 4.71. The summed E-state index contributed by atoms with van der Waals surface area (Å²) < 4.78 is 9.42. The maximum Gasteiger partial charge on any atom is 0.332 e. The van der Waals surface area contributed by atoms with Crippen LogP contribution in [0.4, 0.5) is 0 Å². The molecule has 1 aromatic carbocycles. The fourth-order valence-electron chi connectivity index (χ4n) is 3.18. The van der Waals surface area contributed by atoms with E-state index in [1.54, 1.807) is 25.8 Å². The van der Waals surface area contributed by atoms with Gasteiger partial charge in [0.05, 0.1) is 20.0 Å². The van der Waals surface area contributed by atoms with E-state index >= 15 is 0 Å². The van der Waals surface area contributed by atoms with Gasteiger partial charge in [-0.15, -0.1) is 10.2 Å². The van der Waals surface area contributed by atoms with Gasteiger partial charge in [0.25, 0.3) is 5.56 Å². The van der Waals surface area contributed by atoms with Gasteiger partial charge < -0.3 is 9.30 Å². The van der Waals surface area contributed by atoms with Crippen molar-refractivity contribution in [3.05, 3.63) is 51.4 Å². The van der Waals surface area contributed by atoms with Crippen LogP contribution in [-0.4, -0.2) is 46.0 Å². The first-order chi connectivity index (χ1) is 14.0. The van der Waals surface area contributed by atoms with Crippen LogP contribution in [0.1, 0.15) is 6.42 Å². The number of aromatic nitrogens is 8. The first kappa shape index (κ1) is 18.6. The summed E-state index contributed by atoms with van der Waals surface area (Å²) in [4.78, 5) is 30.8. The van der Waals surface area contributed by atoms with E-state index in [2.05, 4.69) is 20.4 Å². The van der Waals surface area contributed by atoms with Crippen molar-refractivity contribution in [1.82, 2.24) is 38.9 Å². The molecule has 0 N–H and O–H groups in total. The molecule has 11 heteroatoms. The Morgan fingerprint density at radius 3 is 2.76 bits per heavy atom. The quantitative estimate of drug-likeness (QED) is 0.457. The average Bonchev–Trinajstić information content (AvgIpc) is 3.36. The second-order valence-corrected chi connectivity index (χ2v) is 6.62. The summed E-state index contributed by atoms with van der Waals surface area (Å²) in [7, 11) is 4.93. The third-order valence-corrected chi connectivity index (χ3v) is 4.72. The summed E-state index contributed by atoms with van der Waals surface area (Å²) in [6, 6.07) is 7.39. The molecule has 3 aromatic heterocycles. The highest BCUT2D eigenvalue weighted by Gasteiger charge is 2.15. The van der Waals surface area contributed by atoms with Gasteiger partial charge in [-0.05, 0) is 23.8 Å². The van der Waals surface area contributed by atoms with Gasteiger partial charge in [-0.2, -0.15) is 4.80 Å². The Balaban J connectivity index is 1.52. The van der Waals surface area contributed by atoms with Crippen LogP contribution in [-0.2, 0) is 27.2 Å². The number of hydrogen-bond acceptors (Lipinski definition) is 7. The zero-order valence-corrected chi connectivity index (χ0v) is 16.3. The predicted molar refractivity (Wildman–Crippen MR) is 105 cm³/mol. The molecule has 0 radical (unpaired) electrons. The Hall–Kier alpha value is -3.76. The molecule has 0 aliphatic rings. The molecule has 0 unspecified atom stereocenters. The second-order valence-electron chi connectivity index (χ2n) is 6.62. The number of fused-ring (bicyclic) bond motifs is 1. The standard InChI is InChI=1S/C18H20N8O3/c1-23-11-19-16-14(23)17(27)25(18(28)24(16)2)8-5-9-26-21-15(20-22-26)12-6-4-7-13(10-12)29-3/h4,6-7,10-11H,5,8-9H2,1-3H3. The van der Waals surface area contributed by atoms with Gasteiger partial charge in [-0.3, -0.25) is 13.9 Å². The molecular formula is C18H20N8O3. The number of imidazole rings is 1. The smallest absolute Gasteiger partial charge is 0.332 e.